The third-order valence-corrected chi connectivity index (χ3v) is 5.42. The van der Waals surface area contributed by atoms with E-state index in [1.54, 1.807) is 0 Å². The van der Waals surface area contributed by atoms with Crippen LogP contribution >= 0.6 is 0 Å². The number of methoxy groups -OCH3 is 1. The molecule has 1 aliphatic heterocycles. The Morgan fingerprint density at radius 1 is 1.44 bits per heavy atom. The van der Waals surface area contributed by atoms with E-state index < -0.39 is 27.6 Å². The highest BCUT2D eigenvalue weighted by atomic mass is 32.2. The predicted octanol–water partition coefficient (Wildman–Crippen LogP) is 2.87. The van der Waals surface area contributed by atoms with Gasteiger partial charge in [-0.3, -0.25) is 0 Å². The molecule has 1 aromatic heterocycles. The van der Waals surface area contributed by atoms with Crippen molar-refractivity contribution in [3.63, 3.8) is 0 Å². The van der Waals surface area contributed by atoms with E-state index in [1.165, 1.54) is 13.2 Å². The van der Waals surface area contributed by atoms with Crippen molar-refractivity contribution in [3.05, 3.63) is 23.6 Å². The molecule has 2 heterocycles. The largest absolute Gasteiger partial charge is 0.481 e. The van der Waals surface area contributed by atoms with Crippen LogP contribution in [0.2, 0.25) is 0 Å². The average molecular weight is 374 g/mol. The van der Waals surface area contributed by atoms with Gasteiger partial charge in [-0.2, -0.15) is 0 Å². The number of nitrogens with one attached hydrogen (secondary N) is 1. The molecular formula is C17H27FN2O4S. The van der Waals surface area contributed by atoms with Gasteiger partial charge in [0.05, 0.1) is 48.3 Å². The van der Waals surface area contributed by atoms with Crippen LogP contribution in [0.25, 0.3) is 0 Å². The maximum atomic E-state index is 13.7. The number of rotatable bonds is 7. The summed E-state index contributed by atoms with van der Waals surface area (Å²) in [6.45, 7) is 6.97. The van der Waals surface area contributed by atoms with Crippen LogP contribution in [0.4, 0.5) is 4.39 Å². The molecule has 6 nitrogen and oxygen atoms in total. The molecule has 0 aromatic carbocycles. The molecule has 2 rings (SSSR count). The van der Waals surface area contributed by atoms with Crippen LogP contribution in [0.5, 0.6) is 5.88 Å². The highest BCUT2D eigenvalue weighted by Crippen LogP contribution is 2.29. The Bertz CT molecular complexity index is 589. The predicted molar refractivity (Wildman–Crippen MR) is 94.1 cm³/mol. The number of halogens is 1. The molecule has 8 heteroatoms. The zero-order chi connectivity index (χ0) is 18.4. The number of ether oxygens (including phenoxy) is 3. The highest BCUT2D eigenvalue weighted by Gasteiger charge is 2.27. The van der Waals surface area contributed by atoms with Crippen molar-refractivity contribution < 1.29 is 22.8 Å². The SMILES string of the molecule is COc1ncc(F)cc1[C@H](CCC1OCCCO1)N[S@@](=O)C(C)(C)C. The Morgan fingerprint density at radius 3 is 2.72 bits per heavy atom. The van der Waals surface area contributed by atoms with E-state index >= 15 is 0 Å². The third kappa shape index (κ3) is 5.99. The lowest BCUT2D eigenvalue weighted by Crippen LogP contribution is -2.36. The topological polar surface area (TPSA) is 69.7 Å². The average Bonchev–Trinajstić information content (AvgIpc) is 2.58. The Balaban J connectivity index is 2.18. The van der Waals surface area contributed by atoms with Gasteiger partial charge in [-0.15, -0.1) is 0 Å². The molecule has 1 saturated heterocycles. The minimum atomic E-state index is -1.33. The summed E-state index contributed by atoms with van der Waals surface area (Å²) in [5, 5.41) is 0. The molecule has 25 heavy (non-hydrogen) atoms. The van der Waals surface area contributed by atoms with Crippen molar-refractivity contribution in [1.29, 1.82) is 0 Å². The van der Waals surface area contributed by atoms with Crippen LogP contribution in [0.3, 0.4) is 0 Å². The second kappa shape index (κ2) is 9.02. The van der Waals surface area contributed by atoms with Gasteiger partial charge in [-0.1, -0.05) is 0 Å². The fourth-order valence-electron chi connectivity index (χ4n) is 2.45. The van der Waals surface area contributed by atoms with Crippen LogP contribution < -0.4 is 9.46 Å². The second-order valence-electron chi connectivity index (χ2n) is 6.91. The lowest BCUT2D eigenvalue weighted by molar-refractivity contribution is -0.182. The summed E-state index contributed by atoms with van der Waals surface area (Å²) in [5.41, 5.74) is 0.538. The molecule has 0 bridgehead atoms. The van der Waals surface area contributed by atoms with Crippen LogP contribution in [-0.4, -0.2) is 40.6 Å². The number of hydrogen-bond acceptors (Lipinski definition) is 5. The lowest BCUT2D eigenvalue weighted by Gasteiger charge is -2.28. The van der Waals surface area contributed by atoms with Crippen LogP contribution in [0, 0.1) is 5.82 Å². The molecule has 2 atom stereocenters. The molecule has 0 spiro atoms. The maximum Gasteiger partial charge on any atom is 0.218 e. The Morgan fingerprint density at radius 2 is 2.12 bits per heavy atom. The van der Waals surface area contributed by atoms with Gasteiger partial charge in [0.1, 0.15) is 5.82 Å². The second-order valence-corrected chi connectivity index (χ2v) is 8.90. The van der Waals surface area contributed by atoms with Gasteiger partial charge in [-0.05, 0) is 39.7 Å². The molecule has 0 radical (unpaired) electrons. The molecule has 1 aromatic rings. The van der Waals surface area contributed by atoms with Crippen molar-refractivity contribution in [2.75, 3.05) is 20.3 Å². The van der Waals surface area contributed by atoms with Crippen molar-refractivity contribution in [2.24, 2.45) is 0 Å². The van der Waals surface area contributed by atoms with Gasteiger partial charge in [0.25, 0.3) is 0 Å². The van der Waals surface area contributed by atoms with E-state index in [0.717, 1.165) is 12.6 Å². The molecular weight excluding hydrogens is 347 g/mol. The number of pyridine rings is 1. The fourth-order valence-corrected chi connectivity index (χ4v) is 3.31. The minimum absolute atomic E-state index is 0.298. The van der Waals surface area contributed by atoms with Crippen molar-refractivity contribution in [1.82, 2.24) is 9.71 Å². The normalized spacial score (nSPS) is 18.8. The molecule has 0 saturated carbocycles. The van der Waals surface area contributed by atoms with Gasteiger partial charge in [0, 0.05) is 12.0 Å². The van der Waals surface area contributed by atoms with E-state index in [4.69, 9.17) is 14.2 Å². The Kier molecular flexibility index (Phi) is 7.30. The van der Waals surface area contributed by atoms with Crippen LogP contribution in [0.15, 0.2) is 12.3 Å². The molecule has 1 aliphatic rings. The summed E-state index contributed by atoms with van der Waals surface area (Å²) in [6, 6.07) is 0.971. The molecule has 0 unspecified atom stereocenters. The molecule has 1 fully saturated rings. The van der Waals surface area contributed by atoms with Gasteiger partial charge >= 0.3 is 0 Å². The van der Waals surface area contributed by atoms with Crippen molar-refractivity contribution in [2.45, 2.75) is 57.1 Å². The maximum absolute atomic E-state index is 13.7. The van der Waals surface area contributed by atoms with Crippen LogP contribution in [-0.2, 0) is 20.5 Å². The number of aromatic nitrogens is 1. The molecule has 0 amide bonds. The van der Waals surface area contributed by atoms with E-state index in [9.17, 15) is 8.60 Å². The molecule has 142 valence electrons. The lowest BCUT2D eigenvalue weighted by atomic mass is 10.0. The van der Waals surface area contributed by atoms with E-state index in [0.29, 0.717) is 37.5 Å². The number of nitrogens with zero attached hydrogens (tertiary/aromatic N) is 1. The summed E-state index contributed by atoms with van der Waals surface area (Å²) in [7, 11) is 0.152. The minimum Gasteiger partial charge on any atom is -0.481 e. The monoisotopic (exact) mass is 374 g/mol. The van der Waals surface area contributed by atoms with Crippen LogP contribution in [0.1, 0.15) is 51.6 Å². The zero-order valence-electron chi connectivity index (χ0n) is 15.2. The molecule has 0 aliphatic carbocycles. The van der Waals surface area contributed by atoms with E-state index in [2.05, 4.69) is 9.71 Å². The fraction of sp³-hybridized carbons (Fsp3) is 0.706. The summed E-state index contributed by atoms with van der Waals surface area (Å²) < 4.78 is 45.3. The zero-order valence-corrected chi connectivity index (χ0v) is 16.0. The first-order chi connectivity index (χ1) is 11.8. The van der Waals surface area contributed by atoms with Crippen molar-refractivity contribution >= 4 is 11.0 Å². The summed E-state index contributed by atoms with van der Waals surface area (Å²) in [6.07, 6.45) is 2.84. The number of hydrogen-bond donors (Lipinski definition) is 1. The van der Waals surface area contributed by atoms with Gasteiger partial charge in [-0.25, -0.2) is 18.3 Å². The standard InChI is InChI=1S/C17H27FN2O4S/c1-17(2,3)25(21)20-14(6-7-15-23-8-5-9-24-15)13-10-12(18)11-19-16(13)22-4/h10-11,14-15,20H,5-9H2,1-4H3/t14-,25-/m0/s1. The first-order valence-electron chi connectivity index (χ1n) is 8.42. The van der Waals surface area contributed by atoms with Gasteiger partial charge in [0.2, 0.25) is 5.88 Å². The first-order valence-corrected chi connectivity index (χ1v) is 9.57. The van der Waals surface area contributed by atoms with Gasteiger partial charge in [0.15, 0.2) is 6.29 Å². The summed E-state index contributed by atoms with van der Waals surface area (Å²) in [5.74, 6) is -0.149. The first kappa shape index (κ1) is 20.2. The van der Waals surface area contributed by atoms with Gasteiger partial charge < -0.3 is 14.2 Å². The molecule has 1 N–H and O–H groups in total. The smallest absolute Gasteiger partial charge is 0.218 e. The highest BCUT2D eigenvalue weighted by molar-refractivity contribution is 7.84. The van der Waals surface area contributed by atoms with Crippen molar-refractivity contribution in [3.8, 4) is 5.88 Å². The summed E-state index contributed by atoms with van der Waals surface area (Å²) in [4.78, 5) is 3.98. The Hall–Kier alpha value is -1.09. The van der Waals surface area contributed by atoms with E-state index in [-0.39, 0.29) is 6.29 Å². The quantitative estimate of drug-likeness (QED) is 0.795. The third-order valence-electron chi connectivity index (χ3n) is 3.81. The van der Waals surface area contributed by atoms with E-state index in [1.807, 2.05) is 20.8 Å². The Labute approximate surface area is 151 Å². The summed E-state index contributed by atoms with van der Waals surface area (Å²) >= 11 is 0.